The normalized spacial score (nSPS) is 10.4. The molecule has 0 atom stereocenters. The van der Waals surface area contributed by atoms with Crippen molar-refractivity contribution in [3.05, 3.63) is 59.7 Å². The average molecular weight is 383 g/mol. The number of carbonyl (C=O) groups excluding carboxylic acids is 3. The van der Waals surface area contributed by atoms with Crippen molar-refractivity contribution in [2.75, 3.05) is 26.1 Å². The Morgan fingerprint density at radius 1 is 1.00 bits per heavy atom. The van der Waals surface area contributed by atoms with E-state index in [0.29, 0.717) is 28.3 Å². The highest BCUT2D eigenvalue weighted by molar-refractivity contribution is 5.96. The van der Waals surface area contributed by atoms with Crippen LogP contribution >= 0.6 is 0 Å². The SMILES string of the molecule is COc1ccc(/C=C/C(=O)OCC(=O)Nc2ccc(C(C)=O)cc2)c(OC)c1. The number of carbonyl (C=O) groups is 3. The second kappa shape index (κ2) is 9.91. The van der Waals surface area contributed by atoms with E-state index in [1.165, 1.54) is 26.2 Å². The molecule has 2 aromatic carbocycles. The molecule has 28 heavy (non-hydrogen) atoms. The minimum Gasteiger partial charge on any atom is -0.497 e. The third-order valence-electron chi connectivity index (χ3n) is 3.76. The van der Waals surface area contributed by atoms with Gasteiger partial charge in [0.1, 0.15) is 11.5 Å². The number of amides is 1. The average Bonchev–Trinajstić information content (AvgIpc) is 2.70. The van der Waals surface area contributed by atoms with E-state index >= 15 is 0 Å². The summed E-state index contributed by atoms with van der Waals surface area (Å²) in [6.45, 7) is 1.03. The smallest absolute Gasteiger partial charge is 0.331 e. The summed E-state index contributed by atoms with van der Waals surface area (Å²) >= 11 is 0. The molecule has 0 aliphatic rings. The third-order valence-corrected chi connectivity index (χ3v) is 3.76. The minimum atomic E-state index is -0.667. The number of hydrogen-bond donors (Lipinski definition) is 1. The summed E-state index contributed by atoms with van der Waals surface area (Å²) in [6.07, 6.45) is 2.73. The number of ether oxygens (including phenoxy) is 3. The van der Waals surface area contributed by atoms with Crippen LogP contribution in [0.4, 0.5) is 5.69 Å². The molecule has 2 rings (SSSR count). The molecule has 0 aliphatic heterocycles. The number of rotatable bonds is 8. The number of methoxy groups -OCH3 is 2. The molecule has 0 spiro atoms. The lowest BCUT2D eigenvalue weighted by Crippen LogP contribution is -2.20. The molecule has 0 saturated carbocycles. The highest BCUT2D eigenvalue weighted by Gasteiger charge is 2.07. The van der Waals surface area contributed by atoms with Crippen LogP contribution in [0.15, 0.2) is 48.5 Å². The maximum absolute atomic E-state index is 11.9. The van der Waals surface area contributed by atoms with Gasteiger partial charge in [0.2, 0.25) is 0 Å². The van der Waals surface area contributed by atoms with Crippen molar-refractivity contribution in [3.8, 4) is 11.5 Å². The van der Waals surface area contributed by atoms with Gasteiger partial charge in [0, 0.05) is 29.0 Å². The summed E-state index contributed by atoms with van der Waals surface area (Å²) in [5.74, 6) is -0.0499. The number of ketones is 1. The van der Waals surface area contributed by atoms with E-state index in [4.69, 9.17) is 14.2 Å². The fourth-order valence-corrected chi connectivity index (χ4v) is 2.28. The summed E-state index contributed by atoms with van der Waals surface area (Å²) < 4.78 is 15.3. The third kappa shape index (κ3) is 5.98. The van der Waals surface area contributed by atoms with Gasteiger partial charge in [-0.15, -0.1) is 0 Å². The van der Waals surface area contributed by atoms with Crippen LogP contribution in [0.3, 0.4) is 0 Å². The van der Waals surface area contributed by atoms with Crippen LogP contribution < -0.4 is 14.8 Å². The zero-order chi connectivity index (χ0) is 20.5. The summed E-state index contributed by atoms with van der Waals surface area (Å²) in [4.78, 5) is 34.9. The monoisotopic (exact) mass is 383 g/mol. The first-order valence-corrected chi connectivity index (χ1v) is 8.40. The van der Waals surface area contributed by atoms with E-state index in [0.717, 1.165) is 0 Å². The van der Waals surface area contributed by atoms with Crippen molar-refractivity contribution in [2.24, 2.45) is 0 Å². The molecular weight excluding hydrogens is 362 g/mol. The maximum atomic E-state index is 11.9. The number of Topliss-reactive ketones (excluding diaryl/α,β-unsaturated/α-hetero) is 1. The van der Waals surface area contributed by atoms with Crippen LogP contribution in [0, 0.1) is 0 Å². The summed E-state index contributed by atoms with van der Waals surface area (Å²) in [6, 6.07) is 11.6. The van der Waals surface area contributed by atoms with E-state index in [1.54, 1.807) is 49.6 Å². The summed E-state index contributed by atoms with van der Waals surface area (Å²) in [7, 11) is 3.06. The van der Waals surface area contributed by atoms with Gasteiger partial charge in [-0.2, -0.15) is 0 Å². The Hall–Kier alpha value is -3.61. The van der Waals surface area contributed by atoms with Gasteiger partial charge in [0.15, 0.2) is 12.4 Å². The lowest BCUT2D eigenvalue weighted by atomic mass is 10.1. The fraction of sp³-hybridized carbons (Fsp3) is 0.190. The minimum absolute atomic E-state index is 0.0629. The molecule has 2 aromatic rings. The maximum Gasteiger partial charge on any atom is 0.331 e. The number of benzene rings is 2. The van der Waals surface area contributed by atoms with Crippen molar-refractivity contribution in [2.45, 2.75) is 6.92 Å². The van der Waals surface area contributed by atoms with Gasteiger partial charge in [0.25, 0.3) is 5.91 Å². The van der Waals surface area contributed by atoms with E-state index < -0.39 is 18.5 Å². The van der Waals surface area contributed by atoms with Crippen LogP contribution in [0.2, 0.25) is 0 Å². The van der Waals surface area contributed by atoms with E-state index in [1.807, 2.05) is 0 Å². The van der Waals surface area contributed by atoms with Crippen LogP contribution in [0.5, 0.6) is 11.5 Å². The summed E-state index contributed by atoms with van der Waals surface area (Å²) in [5, 5.41) is 2.58. The van der Waals surface area contributed by atoms with Gasteiger partial charge in [-0.3, -0.25) is 9.59 Å². The van der Waals surface area contributed by atoms with Gasteiger partial charge in [-0.05, 0) is 49.4 Å². The lowest BCUT2D eigenvalue weighted by molar-refractivity contribution is -0.142. The molecule has 7 heteroatoms. The first kappa shape index (κ1) is 20.7. The molecule has 1 N–H and O–H groups in total. The summed E-state index contributed by atoms with van der Waals surface area (Å²) in [5.41, 5.74) is 1.71. The van der Waals surface area contributed by atoms with Gasteiger partial charge in [-0.1, -0.05) is 0 Å². The Kier molecular flexibility index (Phi) is 7.33. The van der Waals surface area contributed by atoms with Gasteiger partial charge in [0.05, 0.1) is 14.2 Å². The molecule has 0 heterocycles. The number of esters is 1. The standard InChI is InChI=1S/C21H21NO6/c1-14(23)15-4-8-17(9-5-15)22-20(24)13-28-21(25)11-7-16-6-10-18(26-2)12-19(16)27-3/h4-12H,13H2,1-3H3,(H,22,24)/b11-7+. The van der Waals surface area contributed by atoms with E-state index in [-0.39, 0.29) is 5.78 Å². The molecule has 0 fully saturated rings. The van der Waals surface area contributed by atoms with E-state index in [9.17, 15) is 14.4 Å². The Morgan fingerprint density at radius 3 is 2.32 bits per heavy atom. The van der Waals surface area contributed by atoms with Crippen molar-refractivity contribution in [1.82, 2.24) is 0 Å². The number of anilines is 1. The molecule has 0 radical (unpaired) electrons. The lowest BCUT2D eigenvalue weighted by Gasteiger charge is -2.07. The van der Waals surface area contributed by atoms with Crippen LogP contribution in [-0.4, -0.2) is 38.5 Å². The number of nitrogens with one attached hydrogen (secondary N) is 1. The Labute approximate surface area is 162 Å². The van der Waals surface area contributed by atoms with Gasteiger partial charge < -0.3 is 19.5 Å². The molecule has 0 aliphatic carbocycles. The van der Waals surface area contributed by atoms with Gasteiger partial charge in [-0.25, -0.2) is 4.79 Å². The van der Waals surface area contributed by atoms with Crippen molar-refractivity contribution < 1.29 is 28.6 Å². The van der Waals surface area contributed by atoms with Crippen molar-refractivity contribution in [3.63, 3.8) is 0 Å². The van der Waals surface area contributed by atoms with Crippen LogP contribution in [0.25, 0.3) is 6.08 Å². The second-order valence-corrected chi connectivity index (χ2v) is 5.73. The molecule has 0 aromatic heterocycles. The second-order valence-electron chi connectivity index (χ2n) is 5.73. The van der Waals surface area contributed by atoms with E-state index in [2.05, 4.69) is 5.32 Å². The quantitative estimate of drug-likeness (QED) is 0.428. The first-order chi connectivity index (χ1) is 13.4. The highest BCUT2D eigenvalue weighted by Crippen LogP contribution is 2.25. The topological polar surface area (TPSA) is 90.9 Å². The van der Waals surface area contributed by atoms with Crippen LogP contribution in [0.1, 0.15) is 22.8 Å². The largest absolute Gasteiger partial charge is 0.497 e. The van der Waals surface area contributed by atoms with Gasteiger partial charge >= 0.3 is 5.97 Å². The first-order valence-electron chi connectivity index (χ1n) is 8.40. The molecule has 1 amide bonds. The molecular formula is C21H21NO6. The fourth-order valence-electron chi connectivity index (χ4n) is 2.28. The molecule has 146 valence electrons. The molecule has 0 unspecified atom stereocenters. The molecule has 7 nitrogen and oxygen atoms in total. The molecule has 0 bridgehead atoms. The highest BCUT2D eigenvalue weighted by atomic mass is 16.5. The zero-order valence-electron chi connectivity index (χ0n) is 15.9. The predicted octanol–water partition coefficient (Wildman–Crippen LogP) is 3.10. The predicted molar refractivity (Wildman–Crippen MR) is 105 cm³/mol. The van der Waals surface area contributed by atoms with Crippen molar-refractivity contribution >= 4 is 29.4 Å². The number of hydrogen-bond acceptors (Lipinski definition) is 6. The Bertz CT molecular complexity index is 886. The van der Waals surface area contributed by atoms with Crippen LogP contribution in [-0.2, 0) is 14.3 Å². The Morgan fingerprint density at radius 2 is 1.71 bits per heavy atom. The Balaban J connectivity index is 1.87. The zero-order valence-corrected chi connectivity index (χ0v) is 15.9. The van der Waals surface area contributed by atoms with Crippen molar-refractivity contribution in [1.29, 1.82) is 0 Å². The molecule has 0 saturated heterocycles.